The van der Waals surface area contributed by atoms with Crippen LogP contribution in [0, 0.1) is 5.41 Å². The second-order valence-electron chi connectivity index (χ2n) is 5.18. The third kappa shape index (κ3) is 2.38. The van der Waals surface area contributed by atoms with Gasteiger partial charge in [0.2, 0.25) is 0 Å². The first-order valence-corrected chi connectivity index (χ1v) is 7.31. The quantitative estimate of drug-likeness (QED) is 0.852. The highest BCUT2D eigenvalue weighted by atomic mass is 32.1. The molecule has 2 aromatic rings. The van der Waals surface area contributed by atoms with Gasteiger partial charge in [-0.2, -0.15) is 0 Å². The molecular formula is C13H19N3S. The van der Waals surface area contributed by atoms with Crippen molar-refractivity contribution in [3.8, 4) is 0 Å². The van der Waals surface area contributed by atoms with Crippen molar-refractivity contribution in [3.63, 3.8) is 0 Å². The molecular weight excluding hydrogens is 230 g/mol. The number of imidazole rings is 1. The fourth-order valence-corrected chi connectivity index (χ4v) is 3.26. The summed E-state index contributed by atoms with van der Waals surface area (Å²) in [5.74, 6) is 0. The molecule has 1 fully saturated rings. The van der Waals surface area contributed by atoms with E-state index >= 15 is 0 Å². The van der Waals surface area contributed by atoms with Crippen LogP contribution >= 0.6 is 11.3 Å². The number of thiazole rings is 1. The second kappa shape index (κ2) is 4.42. The van der Waals surface area contributed by atoms with Crippen molar-refractivity contribution in [2.45, 2.75) is 39.2 Å². The molecule has 3 rings (SSSR count). The van der Waals surface area contributed by atoms with E-state index in [0.717, 1.165) is 23.7 Å². The van der Waals surface area contributed by atoms with Gasteiger partial charge in [0.1, 0.15) is 0 Å². The summed E-state index contributed by atoms with van der Waals surface area (Å²) in [5, 5.41) is 5.64. The third-order valence-corrected chi connectivity index (χ3v) is 4.46. The van der Waals surface area contributed by atoms with Gasteiger partial charge in [0.15, 0.2) is 4.96 Å². The van der Waals surface area contributed by atoms with Crippen molar-refractivity contribution in [3.05, 3.63) is 23.5 Å². The van der Waals surface area contributed by atoms with E-state index in [9.17, 15) is 0 Å². The number of aromatic nitrogens is 2. The molecule has 0 aromatic carbocycles. The first-order valence-electron chi connectivity index (χ1n) is 6.43. The van der Waals surface area contributed by atoms with E-state index in [2.05, 4.69) is 39.4 Å². The molecule has 92 valence electrons. The summed E-state index contributed by atoms with van der Waals surface area (Å²) in [4.78, 5) is 5.67. The lowest BCUT2D eigenvalue weighted by molar-refractivity contribution is 0.420. The fourth-order valence-electron chi connectivity index (χ4n) is 2.54. The summed E-state index contributed by atoms with van der Waals surface area (Å²) < 4.78 is 2.10. The molecule has 1 saturated carbocycles. The van der Waals surface area contributed by atoms with Gasteiger partial charge in [-0.05, 0) is 24.7 Å². The Labute approximate surface area is 106 Å². The van der Waals surface area contributed by atoms with E-state index in [1.54, 1.807) is 11.3 Å². The second-order valence-corrected chi connectivity index (χ2v) is 6.05. The average Bonchev–Trinajstić information content (AvgIpc) is 2.75. The van der Waals surface area contributed by atoms with Gasteiger partial charge in [-0.25, -0.2) is 4.98 Å². The molecule has 0 saturated heterocycles. The van der Waals surface area contributed by atoms with Crippen LogP contribution in [0.15, 0.2) is 17.8 Å². The van der Waals surface area contributed by atoms with E-state index < -0.39 is 0 Å². The summed E-state index contributed by atoms with van der Waals surface area (Å²) in [6, 6.07) is 0. The predicted molar refractivity (Wildman–Crippen MR) is 71.4 cm³/mol. The van der Waals surface area contributed by atoms with E-state index in [1.165, 1.54) is 25.7 Å². The Morgan fingerprint density at radius 2 is 2.41 bits per heavy atom. The highest BCUT2D eigenvalue weighted by molar-refractivity contribution is 7.15. The van der Waals surface area contributed by atoms with E-state index in [1.807, 2.05) is 0 Å². The number of hydrogen-bond donors (Lipinski definition) is 1. The number of rotatable bonds is 6. The molecule has 2 heterocycles. The molecule has 0 aliphatic heterocycles. The average molecular weight is 249 g/mol. The first kappa shape index (κ1) is 11.2. The molecule has 17 heavy (non-hydrogen) atoms. The molecule has 3 nitrogen and oxygen atoms in total. The number of nitrogens with zero attached hydrogens (tertiary/aromatic N) is 2. The summed E-state index contributed by atoms with van der Waals surface area (Å²) in [6.45, 7) is 4.34. The zero-order valence-corrected chi connectivity index (χ0v) is 11.1. The van der Waals surface area contributed by atoms with Crippen LogP contribution < -0.4 is 5.32 Å². The van der Waals surface area contributed by atoms with Gasteiger partial charge in [-0.3, -0.25) is 4.40 Å². The summed E-state index contributed by atoms with van der Waals surface area (Å²) in [5.41, 5.74) is 1.79. The first-order chi connectivity index (χ1) is 8.31. The van der Waals surface area contributed by atoms with E-state index in [0.29, 0.717) is 5.41 Å². The van der Waals surface area contributed by atoms with E-state index in [-0.39, 0.29) is 0 Å². The third-order valence-electron chi connectivity index (χ3n) is 3.69. The lowest BCUT2D eigenvalue weighted by Crippen LogP contribution is -2.23. The minimum Gasteiger partial charge on any atom is -0.311 e. The van der Waals surface area contributed by atoms with Crippen LogP contribution in [-0.4, -0.2) is 15.9 Å². The van der Waals surface area contributed by atoms with Crippen LogP contribution in [0.4, 0.5) is 0 Å². The Hall–Kier alpha value is -0.870. The SMILES string of the molecule is CCCC1(CNCc2cn3ccsc3n2)CC1. The van der Waals surface area contributed by atoms with Crippen LogP contribution in [0.1, 0.15) is 38.3 Å². The molecule has 0 spiro atoms. The maximum atomic E-state index is 4.58. The molecule has 0 unspecified atom stereocenters. The Bertz CT molecular complexity index is 467. The molecule has 0 radical (unpaired) electrons. The van der Waals surface area contributed by atoms with Gasteiger partial charge in [0, 0.05) is 30.9 Å². The predicted octanol–water partition coefficient (Wildman–Crippen LogP) is 3.07. The van der Waals surface area contributed by atoms with Crippen LogP contribution in [0.5, 0.6) is 0 Å². The molecule has 1 aliphatic carbocycles. The van der Waals surface area contributed by atoms with Crippen molar-refractivity contribution in [1.29, 1.82) is 0 Å². The number of fused-ring (bicyclic) bond motifs is 1. The Kier molecular flexibility index (Phi) is 2.92. The minimum absolute atomic E-state index is 0.631. The van der Waals surface area contributed by atoms with Gasteiger partial charge in [-0.1, -0.05) is 13.3 Å². The maximum Gasteiger partial charge on any atom is 0.193 e. The molecule has 0 amide bonds. The fraction of sp³-hybridized carbons (Fsp3) is 0.615. The lowest BCUT2D eigenvalue weighted by Gasteiger charge is -2.13. The molecule has 2 aromatic heterocycles. The van der Waals surface area contributed by atoms with Crippen molar-refractivity contribution in [1.82, 2.24) is 14.7 Å². The van der Waals surface area contributed by atoms with Gasteiger partial charge < -0.3 is 5.32 Å². The molecule has 1 aliphatic rings. The van der Waals surface area contributed by atoms with Crippen molar-refractivity contribution in [2.24, 2.45) is 5.41 Å². The lowest BCUT2D eigenvalue weighted by atomic mass is 10.0. The normalized spacial score (nSPS) is 17.7. The zero-order chi connectivity index (χ0) is 11.7. The van der Waals surface area contributed by atoms with Crippen molar-refractivity contribution >= 4 is 16.3 Å². The highest BCUT2D eigenvalue weighted by Crippen LogP contribution is 2.48. The van der Waals surface area contributed by atoms with Gasteiger partial charge in [0.05, 0.1) is 5.69 Å². The van der Waals surface area contributed by atoms with Crippen molar-refractivity contribution < 1.29 is 0 Å². The van der Waals surface area contributed by atoms with Gasteiger partial charge in [-0.15, -0.1) is 11.3 Å². The standard InChI is InChI=1S/C13H19N3S/c1-2-3-13(4-5-13)10-14-8-11-9-16-6-7-17-12(16)15-11/h6-7,9,14H,2-5,8,10H2,1H3. The number of nitrogens with one attached hydrogen (secondary N) is 1. The van der Waals surface area contributed by atoms with Gasteiger partial charge >= 0.3 is 0 Å². The van der Waals surface area contributed by atoms with Gasteiger partial charge in [0.25, 0.3) is 0 Å². The summed E-state index contributed by atoms with van der Waals surface area (Å²) >= 11 is 1.69. The summed E-state index contributed by atoms with van der Waals surface area (Å²) in [7, 11) is 0. The highest BCUT2D eigenvalue weighted by Gasteiger charge is 2.40. The molecule has 0 bridgehead atoms. The molecule has 0 atom stereocenters. The van der Waals surface area contributed by atoms with Crippen LogP contribution in [0.2, 0.25) is 0 Å². The van der Waals surface area contributed by atoms with Crippen LogP contribution in [0.25, 0.3) is 4.96 Å². The Balaban J connectivity index is 1.53. The monoisotopic (exact) mass is 249 g/mol. The van der Waals surface area contributed by atoms with E-state index in [4.69, 9.17) is 0 Å². The minimum atomic E-state index is 0.631. The van der Waals surface area contributed by atoms with Crippen LogP contribution in [-0.2, 0) is 6.54 Å². The van der Waals surface area contributed by atoms with Crippen molar-refractivity contribution in [2.75, 3.05) is 6.54 Å². The van der Waals surface area contributed by atoms with Crippen LogP contribution in [0.3, 0.4) is 0 Å². The zero-order valence-electron chi connectivity index (χ0n) is 10.3. The Morgan fingerprint density at radius 3 is 3.12 bits per heavy atom. The summed E-state index contributed by atoms with van der Waals surface area (Å²) in [6.07, 6.45) is 9.69. The topological polar surface area (TPSA) is 29.3 Å². The molecule has 1 N–H and O–H groups in total. The Morgan fingerprint density at radius 1 is 1.53 bits per heavy atom. The smallest absolute Gasteiger partial charge is 0.193 e. The number of hydrogen-bond acceptors (Lipinski definition) is 3. The largest absolute Gasteiger partial charge is 0.311 e. The maximum absolute atomic E-state index is 4.58. The molecule has 4 heteroatoms.